The van der Waals surface area contributed by atoms with Crippen molar-refractivity contribution in [3.63, 3.8) is 0 Å². The zero-order chi connectivity index (χ0) is 9.84. The van der Waals surface area contributed by atoms with Crippen LogP contribution in [-0.2, 0) is 4.79 Å². The Bertz CT molecular complexity index is 217. The van der Waals surface area contributed by atoms with Crippen LogP contribution in [0.25, 0.3) is 0 Å². The smallest absolute Gasteiger partial charge is 0.405 e. The molecule has 0 bridgehead atoms. The van der Waals surface area contributed by atoms with Gasteiger partial charge in [-0.2, -0.15) is 0 Å². The summed E-state index contributed by atoms with van der Waals surface area (Å²) in [6.07, 6.45) is 1.31. The number of nitrogens with one attached hydrogen (secondary N) is 1. The van der Waals surface area contributed by atoms with Crippen molar-refractivity contribution in [3.8, 4) is 0 Å². The van der Waals surface area contributed by atoms with Crippen LogP contribution in [0.5, 0.6) is 0 Å². The number of likely N-dealkylation sites (tertiary alicyclic amines) is 1. The van der Waals surface area contributed by atoms with Crippen LogP contribution in [0.15, 0.2) is 0 Å². The van der Waals surface area contributed by atoms with Gasteiger partial charge in [-0.05, 0) is 19.3 Å². The lowest BCUT2D eigenvalue weighted by Crippen LogP contribution is -2.45. The third kappa shape index (κ3) is 2.61. The summed E-state index contributed by atoms with van der Waals surface area (Å²) >= 11 is 0. The maximum Gasteiger partial charge on any atom is 0.405 e. The minimum absolute atomic E-state index is 0.125. The normalized spacial score (nSPS) is 23.9. The Kier molecular flexibility index (Phi) is 3.11. The lowest BCUT2D eigenvalue weighted by molar-refractivity contribution is -0.131. The van der Waals surface area contributed by atoms with Gasteiger partial charge in [-0.3, -0.25) is 4.79 Å². The van der Waals surface area contributed by atoms with Crippen molar-refractivity contribution in [1.29, 1.82) is 0 Å². The third-order valence-corrected chi connectivity index (χ3v) is 2.21. The molecule has 1 aliphatic heterocycles. The van der Waals surface area contributed by atoms with E-state index < -0.39 is 12.1 Å². The van der Waals surface area contributed by atoms with E-state index >= 15 is 0 Å². The number of nitrogens with zero attached hydrogens (tertiary/aromatic N) is 1. The van der Waals surface area contributed by atoms with E-state index in [2.05, 4.69) is 5.32 Å². The second kappa shape index (κ2) is 4.11. The summed E-state index contributed by atoms with van der Waals surface area (Å²) in [6, 6.07) is -0.551. The number of carbonyl (C=O) groups is 2. The molecule has 0 aromatic heterocycles. The molecule has 1 fully saturated rings. The predicted molar refractivity (Wildman–Crippen MR) is 46.4 cm³/mol. The van der Waals surface area contributed by atoms with Crippen molar-refractivity contribution in [2.45, 2.75) is 25.3 Å². The lowest BCUT2D eigenvalue weighted by atomic mass is 10.1. The van der Waals surface area contributed by atoms with Gasteiger partial charge >= 0.3 is 6.09 Å². The second-order valence-electron chi connectivity index (χ2n) is 3.26. The Morgan fingerprint density at radius 1 is 1.62 bits per heavy atom. The summed E-state index contributed by atoms with van der Waals surface area (Å²) in [6.45, 7) is 0.719. The zero-order valence-corrected chi connectivity index (χ0v) is 7.62. The molecule has 1 heterocycles. The molecule has 2 amide bonds. The molecule has 0 aromatic rings. The number of hydrogen-bond donors (Lipinski definition) is 2. The molecular weight excluding hydrogens is 172 g/mol. The van der Waals surface area contributed by atoms with Gasteiger partial charge in [0.2, 0.25) is 5.91 Å². The Morgan fingerprint density at radius 2 is 2.31 bits per heavy atom. The summed E-state index contributed by atoms with van der Waals surface area (Å²) < 4.78 is 0. The van der Waals surface area contributed by atoms with E-state index in [4.69, 9.17) is 5.11 Å². The number of amides is 2. The van der Waals surface area contributed by atoms with Crippen LogP contribution in [0.3, 0.4) is 0 Å². The molecular formula is C8H14N2O3. The van der Waals surface area contributed by atoms with Gasteiger partial charge in [0.25, 0.3) is 0 Å². The molecule has 0 aromatic carbocycles. The van der Waals surface area contributed by atoms with Crippen LogP contribution in [0.4, 0.5) is 4.79 Å². The summed E-state index contributed by atoms with van der Waals surface area (Å²) in [5.41, 5.74) is 0. The Labute approximate surface area is 76.7 Å². The molecule has 1 aliphatic rings. The zero-order valence-electron chi connectivity index (χ0n) is 7.62. The van der Waals surface area contributed by atoms with E-state index in [0.29, 0.717) is 6.42 Å². The van der Waals surface area contributed by atoms with Gasteiger partial charge in [0.1, 0.15) is 6.04 Å². The number of hydrogen-bond acceptors (Lipinski definition) is 2. The van der Waals surface area contributed by atoms with Crippen molar-refractivity contribution in [1.82, 2.24) is 10.2 Å². The highest BCUT2D eigenvalue weighted by Crippen LogP contribution is 2.10. The first-order valence-electron chi connectivity index (χ1n) is 4.35. The molecule has 0 radical (unpaired) electrons. The van der Waals surface area contributed by atoms with Crippen LogP contribution in [-0.4, -0.2) is 41.6 Å². The van der Waals surface area contributed by atoms with E-state index in [-0.39, 0.29) is 5.91 Å². The van der Waals surface area contributed by atoms with Gasteiger partial charge in [0.15, 0.2) is 0 Å². The first-order valence-corrected chi connectivity index (χ1v) is 4.35. The van der Waals surface area contributed by atoms with E-state index in [1.54, 1.807) is 11.9 Å². The van der Waals surface area contributed by atoms with E-state index in [0.717, 1.165) is 19.4 Å². The monoisotopic (exact) mass is 186 g/mol. The standard InChI is InChI=1S/C8H14N2O3/c1-10-5-3-2-4-6(7(10)11)9-8(12)13/h6,9H,2-5H2,1H3,(H,12,13)/t6-/m1/s1. The Balaban J connectivity index is 2.59. The molecule has 2 N–H and O–H groups in total. The minimum Gasteiger partial charge on any atom is -0.465 e. The third-order valence-electron chi connectivity index (χ3n) is 2.21. The SMILES string of the molecule is CN1CCCC[C@@H](NC(=O)O)C1=O. The molecule has 13 heavy (non-hydrogen) atoms. The van der Waals surface area contributed by atoms with Crippen LogP contribution in [0.2, 0.25) is 0 Å². The van der Waals surface area contributed by atoms with Crippen LogP contribution >= 0.6 is 0 Å². The fourth-order valence-electron chi connectivity index (χ4n) is 1.48. The maximum atomic E-state index is 11.5. The van der Waals surface area contributed by atoms with Crippen LogP contribution in [0.1, 0.15) is 19.3 Å². The number of carbonyl (C=O) groups excluding carboxylic acids is 1. The minimum atomic E-state index is -1.13. The molecule has 1 rings (SSSR count). The summed E-state index contributed by atoms with van der Waals surface area (Å²) in [4.78, 5) is 23.4. The molecule has 0 saturated carbocycles. The van der Waals surface area contributed by atoms with Gasteiger partial charge in [0, 0.05) is 13.6 Å². The van der Waals surface area contributed by atoms with Crippen LogP contribution < -0.4 is 5.32 Å². The largest absolute Gasteiger partial charge is 0.465 e. The molecule has 1 atom stereocenters. The fraction of sp³-hybridized carbons (Fsp3) is 0.750. The average Bonchev–Trinajstić information content (AvgIpc) is 2.19. The highest BCUT2D eigenvalue weighted by atomic mass is 16.4. The second-order valence-corrected chi connectivity index (χ2v) is 3.26. The maximum absolute atomic E-state index is 11.5. The molecule has 5 heteroatoms. The molecule has 0 aliphatic carbocycles. The van der Waals surface area contributed by atoms with Crippen molar-refractivity contribution < 1.29 is 14.7 Å². The molecule has 0 spiro atoms. The first-order chi connectivity index (χ1) is 6.11. The number of rotatable bonds is 1. The highest BCUT2D eigenvalue weighted by Gasteiger charge is 2.25. The molecule has 1 saturated heterocycles. The van der Waals surface area contributed by atoms with E-state index in [1.807, 2.05) is 0 Å². The fourth-order valence-corrected chi connectivity index (χ4v) is 1.48. The Hall–Kier alpha value is -1.26. The molecule has 5 nitrogen and oxygen atoms in total. The number of likely N-dealkylation sites (N-methyl/N-ethyl adjacent to an activating group) is 1. The van der Waals surface area contributed by atoms with Gasteiger partial charge in [-0.25, -0.2) is 4.79 Å². The van der Waals surface area contributed by atoms with Gasteiger partial charge in [-0.1, -0.05) is 0 Å². The summed E-state index contributed by atoms with van der Waals surface area (Å²) in [5, 5.41) is 10.7. The lowest BCUT2D eigenvalue weighted by Gasteiger charge is -2.19. The number of carboxylic acid groups (broad SMARTS) is 1. The van der Waals surface area contributed by atoms with Gasteiger partial charge in [0.05, 0.1) is 0 Å². The van der Waals surface area contributed by atoms with Crippen molar-refractivity contribution >= 4 is 12.0 Å². The van der Waals surface area contributed by atoms with Crippen molar-refractivity contribution in [3.05, 3.63) is 0 Å². The average molecular weight is 186 g/mol. The molecule has 74 valence electrons. The first kappa shape index (κ1) is 9.83. The molecule has 0 unspecified atom stereocenters. The van der Waals surface area contributed by atoms with E-state index in [9.17, 15) is 9.59 Å². The van der Waals surface area contributed by atoms with Gasteiger partial charge < -0.3 is 15.3 Å². The topological polar surface area (TPSA) is 69.6 Å². The summed E-state index contributed by atoms with van der Waals surface area (Å²) in [7, 11) is 1.70. The van der Waals surface area contributed by atoms with Crippen molar-refractivity contribution in [2.75, 3.05) is 13.6 Å². The summed E-state index contributed by atoms with van der Waals surface area (Å²) in [5.74, 6) is -0.125. The quantitative estimate of drug-likeness (QED) is 0.617. The van der Waals surface area contributed by atoms with Gasteiger partial charge in [-0.15, -0.1) is 0 Å². The predicted octanol–water partition coefficient (Wildman–Crippen LogP) is 0.265. The van der Waals surface area contributed by atoms with Crippen LogP contribution in [0, 0.1) is 0 Å². The van der Waals surface area contributed by atoms with Crippen molar-refractivity contribution in [2.24, 2.45) is 0 Å². The highest BCUT2D eigenvalue weighted by molar-refractivity contribution is 5.85. The van der Waals surface area contributed by atoms with E-state index in [1.165, 1.54) is 0 Å². The Morgan fingerprint density at radius 3 is 2.92 bits per heavy atom.